The summed E-state index contributed by atoms with van der Waals surface area (Å²) < 4.78 is 1.53. The molecule has 2 aromatic heterocycles. The topological polar surface area (TPSA) is 104 Å². The highest BCUT2D eigenvalue weighted by Crippen LogP contribution is 2.26. The summed E-state index contributed by atoms with van der Waals surface area (Å²) in [6.45, 7) is 5.08. The minimum Gasteiger partial charge on any atom is -0.348 e. The minimum absolute atomic E-state index is 0.00736. The lowest BCUT2D eigenvalue weighted by molar-refractivity contribution is -0.130. The minimum atomic E-state index is -0.325. The number of H-pyrrole nitrogens is 1. The average molecular weight is 386 g/mol. The van der Waals surface area contributed by atoms with Crippen molar-refractivity contribution in [1.82, 2.24) is 24.4 Å². The molecule has 0 aromatic carbocycles. The maximum Gasteiger partial charge on any atom is 0.347 e. The summed E-state index contributed by atoms with van der Waals surface area (Å²) in [6, 6.07) is 3.34. The van der Waals surface area contributed by atoms with Gasteiger partial charge in [-0.3, -0.25) is 19.1 Å². The normalized spacial score (nSPS) is 16.4. The van der Waals surface area contributed by atoms with Crippen LogP contribution in [0.2, 0.25) is 0 Å². The first kappa shape index (κ1) is 19.8. The Morgan fingerprint density at radius 3 is 2.68 bits per heavy atom. The number of likely N-dealkylation sites (tertiary alicyclic amines) is 1. The van der Waals surface area contributed by atoms with Crippen LogP contribution in [-0.4, -0.2) is 57.5 Å². The Hall–Kier alpha value is -2.97. The number of rotatable bonds is 5. The van der Waals surface area contributed by atoms with Gasteiger partial charge >= 0.3 is 5.69 Å². The van der Waals surface area contributed by atoms with Crippen molar-refractivity contribution in [2.45, 2.75) is 39.2 Å². The molecule has 0 radical (unpaired) electrons. The zero-order chi connectivity index (χ0) is 20.4. The third-order valence-corrected chi connectivity index (χ3v) is 5.03. The van der Waals surface area contributed by atoms with Gasteiger partial charge in [-0.1, -0.05) is 0 Å². The number of carbonyl (C=O) groups is 1. The van der Waals surface area contributed by atoms with Gasteiger partial charge in [-0.05, 0) is 26.3 Å². The second-order valence-electron chi connectivity index (χ2n) is 7.44. The Labute approximate surface area is 163 Å². The highest BCUT2D eigenvalue weighted by Gasteiger charge is 2.28. The summed E-state index contributed by atoms with van der Waals surface area (Å²) in [5.74, 6) is 0.538. The first-order chi connectivity index (χ1) is 13.2. The molecule has 2 aromatic rings. The molecule has 1 amide bonds. The summed E-state index contributed by atoms with van der Waals surface area (Å²) in [5.41, 5.74) is 1.66. The molecule has 0 bridgehead atoms. The van der Waals surface area contributed by atoms with Gasteiger partial charge in [-0.25, -0.2) is 9.78 Å². The van der Waals surface area contributed by atoms with Gasteiger partial charge < -0.3 is 9.80 Å². The smallest absolute Gasteiger partial charge is 0.347 e. The summed E-state index contributed by atoms with van der Waals surface area (Å²) in [6.07, 6.45) is 1.00. The molecule has 1 aliphatic heterocycles. The Morgan fingerprint density at radius 2 is 2.00 bits per heavy atom. The molecule has 0 saturated carbocycles. The molecular formula is C19H26N6O3. The number of carbonyl (C=O) groups excluding carboxylic acids is 1. The standard InChI is InChI=1S/C19H26N6O3/c1-12-9-13(2)25(19(28)20-12)8-6-17(27)24-7-5-14(11-24)15-10-16(26)22-18(21-15)23(3)4/h9-10,14H,5-8,11H2,1-4H3,(H,21,22,26). The fourth-order valence-electron chi connectivity index (χ4n) is 3.52. The number of aromatic amines is 1. The van der Waals surface area contributed by atoms with Gasteiger partial charge in [0.1, 0.15) is 0 Å². The van der Waals surface area contributed by atoms with Crippen LogP contribution in [0.25, 0.3) is 0 Å². The van der Waals surface area contributed by atoms with Crippen LogP contribution in [0.5, 0.6) is 0 Å². The number of amides is 1. The molecule has 28 heavy (non-hydrogen) atoms. The van der Waals surface area contributed by atoms with Crippen molar-refractivity contribution in [2.24, 2.45) is 0 Å². The lowest BCUT2D eigenvalue weighted by Gasteiger charge is -2.18. The van der Waals surface area contributed by atoms with Gasteiger partial charge in [0.25, 0.3) is 5.56 Å². The van der Waals surface area contributed by atoms with E-state index in [9.17, 15) is 14.4 Å². The van der Waals surface area contributed by atoms with Gasteiger partial charge in [0.2, 0.25) is 11.9 Å². The van der Waals surface area contributed by atoms with Crippen LogP contribution in [0.3, 0.4) is 0 Å². The number of hydrogen-bond acceptors (Lipinski definition) is 6. The number of hydrogen-bond donors (Lipinski definition) is 1. The summed E-state index contributed by atoms with van der Waals surface area (Å²) in [5, 5.41) is 0. The summed E-state index contributed by atoms with van der Waals surface area (Å²) in [4.78, 5) is 51.2. The molecule has 1 saturated heterocycles. The highest BCUT2D eigenvalue weighted by molar-refractivity contribution is 5.76. The largest absolute Gasteiger partial charge is 0.348 e. The van der Waals surface area contributed by atoms with Crippen molar-refractivity contribution in [1.29, 1.82) is 0 Å². The van der Waals surface area contributed by atoms with Crippen LogP contribution < -0.4 is 16.1 Å². The Kier molecular flexibility index (Phi) is 5.62. The van der Waals surface area contributed by atoms with Gasteiger partial charge in [-0.2, -0.15) is 4.98 Å². The molecule has 0 spiro atoms. The molecule has 3 heterocycles. The molecule has 9 nitrogen and oxygen atoms in total. The van der Waals surface area contributed by atoms with E-state index < -0.39 is 0 Å². The summed E-state index contributed by atoms with van der Waals surface area (Å²) >= 11 is 0. The molecule has 1 unspecified atom stereocenters. The summed E-state index contributed by atoms with van der Waals surface area (Å²) in [7, 11) is 3.63. The van der Waals surface area contributed by atoms with E-state index in [1.165, 1.54) is 10.6 Å². The SMILES string of the molecule is Cc1cc(C)n(CCC(=O)N2CCC(c3cc(=O)[nH]c(N(C)C)n3)C2)c(=O)n1. The Bertz CT molecular complexity index is 994. The van der Waals surface area contributed by atoms with E-state index >= 15 is 0 Å². The van der Waals surface area contributed by atoms with Crippen LogP contribution in [-0.2, 0) is 11.3 Å². The molecule has 3 rings (SSSR count). The van der Waals surface area contributed by atoms with Crippen LogP contribution in [0.4, 0.5) is 5.95 Å². The van der Waals surface area contributed by atoms with Crippen LogP contribution in [0.15, 0.2) is 21.7 Å². The van der Waals surface area contributed by atoms with E-state index in [0.29, 0.717) is 37.0 Å². The zero-order valence-electron chi connectivity index (χ0n) is 16.7. The molecule has 9 heteroatoms. The monoisotopic (exact) mass is 386 g/mol. The maximum absolute atomic E-state index is 12.6. The molecule has 1 aliphatic rings. The van der Waals surface area contributed by atoms with Crippen molar-refractivity contribution in [2.75, 3.05) is 32.1 Å². The third kappa shape index (κ3) is 4.29. The van der Waals surface area contributed by atoms with Crippen molar-refractivity contribution < 1.29 is 4.79 Å². The highest BCUT2D eigenvalue weighted by atomic mass is 16.2. The van der Waals surface area contributed by atoms with Gasteiger partial charge in [0.15, 0.2) is 0 Å². The molecule has 1 N–H and O–H groups in total. The lowest BCUT2D eigenvalue weighted by atomic mass is 10.1. The third-order valence-electron chi connectivity index (χ3n) is 5.03. The number of aromatic nitrogens is 4. The molecule has 1 atom stereocenters. The van der Waals surface area contributed by atoms with Crippen LogP contribution in [0, 0.1) is 13.8 Å². The van der Waals surface area contributed by atoms with Gasteiger partial charge in [-0.15, -0.1) is 0 Å². The van der Waals surface area contributed by atoms with Crippen LogP contribution >= 0.6 is 0 Å². The maximum atomic E-state index is 12.6. The predicted molar refractivity (Wildman–Crippen MR) is 106 cm³/mol. The number of nitrogens with one attached hydrogen (secondary N) is 1. The van der Waals surface area contributed by atoms with E-state index in [1.807, 2.05) is 27.1 Å². The second-order valence-corrected chi connectivity index (χ2v) is 7.44. The fraction of sp³-hybridized carbons (Fsp3) is 0.526. The van der Waals surface area contributed by atoms with Gasteiger partial charge in [0.05, 0.1) is 5.69 Å². The van der Waals surface area contributed by atoms with E-state index in [0.717, 1.165) is 12.1 Å². The average Bonchev–Trinajstić information content (AvgIpc) is 3.10. The van der Waals surface area contributed by atoms with Crippen molar-refractivity contribution in [3.63, 3.8) is 0 Å². The zero-order valence-corrected chi connectivity index (χ0v) is 16.7. The molecule has 150 valence electrons. The van der Waals surface area contributed by atoms with Crippen molar-refractivity contribution in [3.8, 4) is 0 Å². The molecular weight excluding hydrogens is 360 g/mol. The lowest BCUT2D eigenvalue weighted by Crippen LogP contribution is -2.32. The van der Waals surface area contributed by atoms with E-state index in [1.54, 1.807) is 16.7 Å². The second kappa shape index (κ2) is 7.95. The van der Waals surface area contributed by atoms with E-state index in [2.05, 4.69) is 15.0 Å². The quantitative estimate of drug-likeness (QED) is 0.798. The predicted octanol–water partition coefficient (Wildman–Crippen LogP) is 0.416. The van der Waals surface area contributed by atoms with Gasteiger partial charge in [0, 0.05) is 63.5 Å². The first-order valence-electron chi connectivity index (χ1n) is 9.36. The number of nitrogens with zero attached hydrogens (tertiary/aromatic N) is 5. The number of aryl methyl sites for hydroxylation is 2. The number of anilines is 1. The van der Waals surface area contributed by atoms with E-state index in [4.69, 9.17) is 0 Å². The van der Waals surface area contributed by atoms with E-state index in [-0.39, 0.29) is 29.5 Å². The van der Waals surface area contributed by atoms with Crippen LogP contribution in [0.1, 0.15) is 35.8 Å². The molecule has 1 fully saturated rings. The Morgan fingerprint density at radius 1 is 1.25 bits per heavy atom. The van der Waals surface area contributed by atoms with Crippen molar-refractivity contribution in [3.05, 3.63) is 50.1 Å². The molecule has 0 aliphatic carbocycles. The first-order valence-corrected chi connectivity index (χ1v) is 9.36. The fourth-order valence-corrected chi connectivity index (χ4v) is 3.52. The Balaban J connectivity index is 1.65. The van der Waals surface area contributed by atoms with Crippen molar-refractivity contribution >= 4 is 11.9 Å².